The first-order chi connectivity index (χ1) is 7.75. The Morgan fingerprint density at radius 3 is 2.88 bits per heavy atom. The van der Waals surface area contributed by atoms with Gasteiger partial charge in [0.1, 0.15) is 0 Å². The predicted molar refractivity (Wildman–Crippen MR) is 68.3 cm³/mol. The zero-order valence-electron chi connectivity index (χ0n) is 10.5. The highest BCUT2D eigenvalue weighted by Gasteiger charge is 2.17. The fourth-order valence-corrected chi connectivity index (χ4v) is 2.21. The second-order valence-electron chi connectivity index (χ2n) is 4.80. The average Bonchev–Trinajstić information content (AvgIpc) is 2.24. The van der Waals surface area contributed by atoms with Crippen molar-refractivity contribution in [2.45, 2.75) is 70.8 Å². The smallest absolute Gasteiger partial charge is 0.175 e. The van der Waals surface area contributed by atoms with Crippen LogP contribution in [-0.2, 0) is 4.79 Å². The number of allylic oxidation sites excluding steroid dienone is 1. The number of Topliss-reactive ketones (excluding diaryl/α,β-unsaturated/α-hetero) is 1. The fraction of sp³-hybridized carbons (Fsp3) is 0.786. The summed E-state index contributed by atoms with van der Waals surface area (Å²) in [7, 11) is 0. The van der Waals surface area contributed by atoms with Crippen molar-refractivity contribution in [1.29, 1.82) is 0 Å². The molecule has 0 spiro atoms. The molecule has 1 rings (SSSR count). The number of nitrogens with two attached hydrogens (primary N) is 1. The maximum absolute atomic E-state index is 12.1. The van der Waals surface area contributed by atoms with Crippen LogP contribution in [0.4, 0.5) is 0 Å². The van der Waals surface area contributed by atoms with Crippen LogP contribution in [0.2, 0.25) is 0 Å². The molecule has 0 aromatic rings. The van der Waals surface area contributed by atoms with Crippen molar-refractivity contribution in [3.8, 4) is 0 Å². The molecule has 0 saturated carbocycles. The molecule has 1 atom stereocenters. The van der Waals surface area contributed by atoms with Gasteiger partial charge >= 0.3 is 0 Å². The van der Waals surface area contributed by atoms with E-state index >= 15 is 0 Å². The lowest BCUT2D eigenvalue weighted by Crippen LogP contribution is -2.31. The lowest BCUT2D eigenvalue weighted by atomic mass is 9.93. The molecular formula is C14H25NO. The van der Waals surface area contributed by atoms with Gasteiger partial charge in [-0.1, -0.05) is 38.7 Å². The maximum atomic E-state index is 12.1. The number of ketones is 1. The molecule has 0 saturated heterocycles. The normalized spacial score (nSPS) is 19.5. The van der Waals surface area contributed by atoms with E-state index in [-0.39, 0.29) is 11.8 Å². The van der Waals surface area contributed by atoms with Crippen molar-refractivity contribution < 1.29 is 4.79 Å². The van der Waals surface area contributed by atoms with Gasteiger partial charge in [-0.25, -0.2) is 0 Å². The largest absolute Gasteiger partial charge is 0.321 e. The minimum absolute atomic E-state index is 0.204. The first kappa shape index (κ1) is 13.4. The number of rotatable bonds is 5. The van der Waals surface area contributed by atoms with Crippen molar-refractivity contribution in [3.05, 3.63) is 11.6 Å². The Morgan fingerprint density at radius 2 is 2.12 bits per heavy atom. The zero-order chi connectivity index (χ0) is 11.8. The minimum Gasteiger partial charge on any atom is -0.321 e. The van der Waals surface area contributed by atoms with Crippen molar-refractivity contribution in [3.63, 3.8) is 0 Å². The molecule has 1 aliphatic carbocycles. The Labute approximate surface area is 99.3 Å². The molecule has 16 heavy (non-hydrogen) atoms. The summed E-state index contributed by atoms with van der Waals surface area (Å²) in [5.41, 5.74) is 6.94. The molecule has 0 amide bonds. The first-order valence-electron chi connectivity index (χ1n) is 6.74. The van der Waals surface area contributed by atoms with Gasteiger partial charge in [-0.2, -0.15) is 0 Å². The van der Waals surface area contributed by atoms with Crippen LogP contribution in [0.3, 0.4) is 0 Å². The molecule has 1 aliphatic rings. The van der Waals surface area contributed by atoms with E-state index in [1.807, 2.05) is 0 Å². The highest BCUT2D eigenvalue weighted by atomic mass is 16.1. The Bertz CT molecular complexity index is 245. The predicted octanol–water partition coefficient (Wildman–Crippen LogP) is 3.35. The lowest BCUT2D eigenvalue weighted by molar-refractivity contribution is -0.117. The van der Waals surface area contributed by atoms with Gasteiger partial charge in [0, 0.05) is 0 Å². The third-order valence-electron chi connectivity index (χ3n) is 3.31. The van der Waals surface area contributed by atoms with E-state index in [2.05, 4.69) is 13.0 Å². The maximum Gasteiger partial charge on any atom is 0.175 e. The molecule has 2 nitrogen and oxygen atoms in total. The summed E-state index contributed by atoms with van der Waals surface area (Å²) in [5, 5.41) is 0. The van der Waals surface area contributed by atoms with Gasteiger partial charge in [0.05, 0.1) is 6.04 Å². The molecule has 0 aliphatic heterocycles. The van der Waals surface area contributed by atoms with Gasteiger partial charge in [-0.15, -0.1) is 0 Å². The highest BCUT2D eigenvalue weighted by Crippen LogP contribution is 2.19. The number of unbranched alkanes of at least 4 members (excludes halogenated alkanes) is 1. The van der Waals surface area contributed by atoms with Crippen LogP contribution in [0, 0.1) is 0 Å². The molecule has 0 bridgehead atoms. The monoisotopic (exact) mass is 223 g/mol. The number of carbonyl (C=O) groups excluding carboxylic acids is 1. The summed E-state index contributed by atoms with van der Waals surface area (Å²) in [6, 6.07) is -0.259. The van der Waals surface area contributed by atoms with E-state index in [4.69, 9.17) is 5.73 Å². The number of hydrogen-bond donors (Lipinski definition) is 1. The van der Waals surface area contributed by atoms with Gasteiger partial charge in [-0.3, -0.25) is 4.79 Å². The molecule has 2 heteroatoms. The quantitative estimate of drug-likeness (QED) is 0.776. The van der Waals surface area contributed by atoms with Crippen molar-refractivity contribution in [2.75, 3.05) is 0 Å². The van der Waals surface area contributed by atoms with E-state index in [9.17, 15) is 4.79 Å². The van der Waals surface area contributed by atoms with Crippen LogP contribution in [0.1, 0.15) is 64.7 Å². The molecule has 0 heterocycles. The number of carbonyl (C=O) groups is 1. The SMILES string of the molecule is CCCCC(N)C(=O)C1=CCCCCCC1. The van der Waals surface area contributed by atoms with Gasteiger partial charge in [-0.05, 0) is 37.7 Å². The Balaban J connectivity index is 2.49. The highest BCUT2D eigenvalue weighted by molar-refractivity contribution is 5.99. The third-order valence-corrected chi connectivity index (χ3v) is 3.31. The van der Waals surface area contributed by atoms with Gasteiger partial charge in [0.2, 0.25) is 0 Å². The number of hydrogen-bond acceptors (Lipinski definition) is 2. The molecule has 0 fully saturated rings. The second kappa shape index (κ2) is 7.61. The van der Waals surface area contributed by atoms with E-state index in [1.54, 1.807) is 0 Å². The summed E-state index contributed by atoms with van der Waals surface area (Å²) < 4.78 is 0. The molecule has 1 unspecified atom stereocenters. The second-order valence-corrected chi connectivity index (χ2v) is 4.80. The van der Waals surface area contributed by atoms with E-state index < -0.39 is 0 Å². The van der Waals surface area contributed by atoms with Crippen LogP contribution < -0.4 is 5.73 Å². The van der Waals surface area contributed by atoms with E-state index in [0.29, 0.717) is 0 Å². The summed E-state index contributed by atoms with van der Waals surface area (Å²) in [5.74, 6) is 0.204. The molecule has 0 aromatic heterocycles. The van der Waals surface area contributed by atoms with Crippen LogP contribution in [0.5, 0.6) is 0 Å². The summed E-state index contributed by atoms with van der Waals surface area (Å²) in [4.78, 5) is 12.1. The van der Waals surface area contributed by atoms with Gasteiger partial charge < -0.3 is 5.73 Å². The van der Waals surface area contributed by atoms with Crippen LogP contribution in [0.25, 0.3) is 0 Å². The van der Waals surface area contributed by atoms with Crippen molar-refractivity contribution >= 4 is 5.78 Å². The zero-order valence-corrected chi connectivity index (χ0v) is 10.5. The van der Waals surface area contributed by atoms with Gasteiger partial charge in [0.25, 0.3) is 0 Å². The summed E-state index contributed by atoms with van der Waals surface area (Å²) in [6.45, 7) is 2.13. The molecule has 0 radical (unpaired) electrons. The summed E-state index contributed by atoms with van der Waals surface area (Å²) in [6.07, 6.45) is 12.1. The van der Waals surface area contributed by atoms with Gasteiger partial charge in [0.15, 0.2) is 5.78 Å². The fourth-order valence-electron chi connectivity index (χ4n) is 2.21. The lowest BCUT2D eigenvalue weighted by Gasteiger charge is -2.15. The first-order valence-corrected chi connectivity index (χ1v) is 6.74. The van der Waals surface area contributed by atoms with Crippen LogP contribution in [-0.4, -0.2) is 11.8 Å². The Kier molecular flexibility index (Phi) is 6.39. The van der Waals surface area contributed by atoms with Crippen molar-refractivity contribution in [2.24, 2.45) is 5.73 Å². The van der Waals surface area contributed by atoms with Crippen LogP contribution in [0.15, 0.2) is 11.6 Å². The molecule has 2 N–H and O–H groups in total. The van der Waals surface area contributed by atoms with Crippen LogP contribution >= 0.6 is 0 Å². The van der Waals surface area contributed by atoms with E-state index in [0.717, 1.165) is 44.1 Å². The molecule has 0 aromatic carbocycles. The third kappa shape index (κ3) is 4.48. The van der Waals surface area contributed by atoms with Crippen molar-refractivity contribution in [1.82, 2.24) is 0 Å². The standard InChI is InChI=1S/C14H25NO/c1-2-3-11-13(15)14(16)12-9-7-5-4-6-8-10-12/h9,13H,2-8,10-11,15H2,1H3. The molecule has 92 valence electrons. The molecular weight excluding hydrogens is 198 g/mol. The average molecular weight is 223 g/mol. The Hall–Kier alpha value is -0.630. The van der Waals surface area contributed by atoms with E-state index in [1.165, 1.54) is 19.3 Å². The topological polar surface area (TPSA) is 43.1 Å². The summed E-state index contributed by atoms with van der Waals surface area (Å²) >= 11 is 0. The minimum atomic E-state index is -0.259. The Morgan fingerprint density at radius 1 is 1.38 bits per heavy atom.